The average molecular weight is 258 g/mol. The Bertz CT molecular complexity index is 393. The van der Waals surface area contributed by atoms with Gasteiger partial charge in [-0.2, -0.15) is 0 Å². The summed E-state index contributed by atoms with van der Waals surface area (Å²) in [5.74, 6) is -1.82. The predicted octanol–water partition coefficient (Wildman–Crippen LogP) is 1.12. The van der Waals surface area contributed by atoms with E-state index in [0.717, 1.165) is 12.1 Å². The molecule has 18 heavy (non-hydrogen) atoms. The minimum atomic E-state index is -0.764. The van der Waals surface area contributed by atoms with Crippen LogP contribution in [-0.2, 0) is 9.53 Å². The Morgan fingerprint density at radius 1 is 1.44 bits per heavy atom. The van der Waals surface area contributed by atoms with E-state index in [2.05, 4.69) is 5.32 Å². The molecular weight excluding hydrogens is 242 g/mol. The van der Waals surface area contributed by atoms with Crippen LogP contribution in [0, 0.1) is 11.6 Å². The number of ether oxygens (including phenoxy) is 1. The van der Waals surface area contributed by atoms with Gasteiger partial charge in [-0.25, -0.2) is 8.78 Å². The van der Waals surface area contributed by atoms with Gasteiger partial charge in [0.2, 0.25) is 5.91 Å². The van der Waals surface area contributed by atoms with E-state index in [9.17, 15) is 13.6 Å². The zero-order valence-corrected chi connectivity index (χ0v) is 10.1. The fraction of sp³-hybridized carbons (Fsp3) is 0.417. The normalized spacial score (nSPS) is 12.2. The second-order valence-corrected chi connectivity index (χ2v) is 3.77. The monoisotopic (exact) mass is 258 g/mol. The summed E-state index contributed by atoms with van der Waals surface area (Å²) in [6.45, 7) is 1.89. The van der Waals surface area contributed by atoms with Crippen LogP contribution in [0.1, 0.15) is 18.5 Å². The lowest BCUT2D eigenvalue weighted by Gasteiger charge is -2.15. The Kier molecular flexibility index (Phi) is 5.67. The Balaban J connectivity index is 2.59. The van der Waals surface area contributed by atoms with Crippen molar-refractivity contribution in [3.05, 3.63) is 35.4 Å². The molecule has 6 heteroatoms. The van der Waals surface area contributed by atoms with Crippen molar-refractivity contribution in [1.29, 1.82) is 0 Å². The SMILES string of the molecule is CC(NC(=O)COCCN)c1c(F)cccc1F. The third-order valence-electron chi connectivity index (χ3n) is 2.31. The number of nitrogens with two attached hydrogens (primary N) is 1. The summed E-state index contributed by atoms with van der Waals surface area (Å²) in [4.78, 5) is 11.4. The molecule has 0 heterocycles. The summed E-state index contributed by atoms with van der Waals surface area (Å²) in [7, 11) is 0. The lowest BCUT2D eigenvalue weighted by Crippen LogP contribution is -2.31. The zero-order valence-electron chi connectivity index (χ0n) is 10.1. The molecular formula is C12H16F2N2O2. The van der Waals surface area contributed by atoms with Crippen molar-refractivity contribution in [1.82, 2.24) is 5.32 Å². The van der Waals surface area contributed by atoms with Crippen molar-refractivity contribution in [3.63, 3.8) is 0 Å². The average Bonchev–Trinajstić information content (AvgIpc) is 2.29. The van der Waals surface area contributed by atoms with Crippen molar-refractivity contribution < 1.29 is 18.3 Å². The van der Waals surface area contributed by atoms with Gasteiger partial charge in [-0.1, -0.05) is 6.07 Å². The summed E-state index contributed by atoms with van der Waals surface area (Å²) in [5.41, 5.74) is 5.03. The standard InChI is InChI=1S/C12H16F2N2O2/c1-8(16-11(17)7-18-6-5-15)12-9(13)3-2-4-10(12)14/h2-4,8H,5-7,15H2,1H3,(H,16,17). The zero-order chi connectivity index (χ0) is 13.5. The third-order valence-corrected chi connectivity index (χ3v) is 2.31. The van der Waals surface area contributed by atoms with Crippen LogP contribution >= 0.6 is 0 Å². The molecule has 1 amide bonds. The maximum atomic E-state index is 13.4. The Morgan fingerprint density at radius 2 is 2.06 bits per heavy atom. The fourth-order valence-corrected chi connectivity index (χ4v) is 1.53. The number of halogens is 2. The van der Waals surface area contributed by atoms with Gasteiger partial charge in [-0.3, -0.25) is 4.79 Å². The van der Waals surface area contributed by atoms with Gasteiger partial charge < -0.3 is 15.8 Å². The van der Waals surface area contributed by atoms with Gasteiger partial charge in [0.05, 0.1) is 12.6 Å². The molecule has 0 saturated heterocycles. The molecule has 0 aliphatic rings. The van der Waals surface area contributed by atoms with Crippen molar-refractivity contribution >= 4 is 5.91 Å². The highest BCUT2D eigenvalue weighted by Gasteiger charge is 2.17. The van der Waals surface area contributed by atoms with Gasteiger partial charge in [0, 0.05) is 12.1 Å². The molecule has 3 N–H and O–H groups in total. The smallest absolute Gasteiger partial charge is 0.246 e. The fourth-order valence-electron chi connectivity index (χ4n) is 1.53. The number of amides is 1. The molecule has 0 spiro atoms. The van der Waals surface area contributed by atoms with Crippen molar-refractivity contribution in [2.45, 2.75) is 13.0 Å². The molecule has 1 aromatic carbocycles. The van der Waals surface area contributed by atoms with Gasteiger partial charge in [-0.15, -0.1) is 0 Å². The Hall–Kier alpha value is -1.53. The molecule has 1 rings (SSSR count). The number of carbonyl (C=O) groups excluding carboxylic acids is 1. The lowest BCUT2D eigenvalue weighted by molar-refractivity contribution is -0.126. The van der Waals surface area contributed by atoms with Gasteiger partial charge in [0.1, 0.15) is 18.2 Å². The second kappa shape index (κ2) is 7.03. The molecule has 0 aromatic heterocycles. The van der Waals surface area contributed by atoms with E-state index in [4.69, 9.17) is 10.5 Å². The molecule has 1 aromatic rings. The molecule has 1 unspecified atom stereocenters. The quantitative estimate of drug-likeness (QED) is 0.751. The number of nitrogens with one attached hydrogen (secondary N) is 1. The van der Waals surface area contributed by atoms with Crippen LogP contribution in [0.4, 0.5) is 8.78 Å². The van der Waals surface area contributed by atoms with E-state index in [1.807, 2.05) is 0 Å². The molecule has 0 bridgehead atoms. The lowest BCUT2D eigenvalue weighted by atomic mass is 10.1. The molecule has 1 atom stereocenters. The molecule has 100 valence electrons. The molecule has 0 radical (unpaired) electrons. The third kappa shape index (κ3) is 4.05. The maximum absolute atomic E-state index is 13.4. The van der Waals surface area contributed by atoms with Gasteiger partial charge >= 0.3 is 0 Å². The number of carbonyl (C=O) groups is 1. The topological polar surface area (TPSA) is 64.3 Å². The largest absolute Gasteiger partial charge is 0.370 e. The van der Waals surface area contributed by atoms with E-state index in [1.165, 1.54) is 13.0 Å². The first-order chi connectivity index (χ1) is 8.56. The predicted molar refractivity (Wildman–Crippen MR) is 62.8 cm³/mol. The highest BCUT2D eigenvalue weighted by molar-refractivity contribution is 5.77. The molecule has 0 fully saturated rings. The van der Waals surface area contributed by atoms with Crippen LogP contribution in [0.2, 0.25) is 0 Å². The molecule has 0 aliphatic carbocycles. The van der Waals surface area contributed by atoms with E-state index >= 15 is 0 Å². The summed E-state index contributed by atoms with van der Waals surface area (Å²) < 4.78 is 31.8. The van der Waals surface area contributed by atoms with Crippen LogP contribution in [0.3, 0.4) is 0 Å². The van der Waals surface area contributed by atoms with Gasteiger partial charge in [0.25, 0.3) is 0 Å². The Labute approximate surface area is 104 Å². The van der Waals surface area contributed by atoms with Crippen LogP contribution < -0.4 is 11.1 Å². The minimum absolute atomic E-state index is 0.162. The van der Waals surface area contributed by atoms with E-state index in [-0.39, 0.29) is 18.8 Å². The van der Waals surface area contributed by atoms with E-state index in [0.29, 0.717) is 6.54 Å². The molecule has 4 nitrogen and oxygen atoms in total. The molecule has 0 saturated carbocycles. The van der Waals surface area contributed by atoms with Crippen molar-refractivity contribution in [2.24, 2.45) is 5.73 Å². The Morgan fingerprint density at radius 3 is 2.61 bits per heavy atom. The van der Waals surface area contributed by atoms with Crippen LogP contribution in [-0.4, -0.2) is 25.7 Å². The number of benzene rings is 1. The van der Waals surface area contributed by atoms with Crippen LogP contribution in [0.5, 0.6) is 0 Å². The summed E-state index contributed by atoms with van der Waals surface area (Å²) in [6.07, 6.45) is 0. The highest BCUT2D eigenvalue weighted by Crippen LogP contribution is 2.19. The minimum Gasteiger partial charge on any atom is -0.370 e. The molecule has 0 aliphatic heterocycles. The van der Waals surface area contributed by atoms with Crippen molar-refractivity contribution in [3.8, 4) is 0 Å². The van der Waals surface area contributed by atoms with Gasteiger partial charge in [0.15, 0.2) is 0 Å². The van der Waals surface area contributed by atoms with E-state index in [1.54, 1.807) is 0 Å². The van der Waals surface area contributed by atoms with Crippen molar-refractivity contribution in [2.75, 3.05) is 19.8 Å². The highest BCUT2D eigenvalue weighted by atomic mass is 19.1. The number of hydrogen-bond donors (Lipinski definition) is 2. The maximum Gasteiger partial charge on any atom is 0.246 e. The number of hydrogen-bond acceptors (Lipinski definition) is 3. The second-order valence-electron chi connectivity index (χ2n) is 3.77. The summed E-state index contributed by atoms with van der Waals surface area (Å²) >= 11 is 0. The van der Waals surface area contributed by atoms with Gasteiger partial charge in [-0.05, 0) is 19.1 Å². The first-order valence-corrected chi connectivity index (χ1v) is 5.57. The number of rotatable bonds is 6. The summed E-state index contributed by atoms with van der Waals surface area (Å²) in [5, 5.41) is 2.45. The first kappa shape index (κ1) is 14.5. The van der Waals surface area contributed by atoms with Crippen LogP contribution in [0.25, 0.3) is 0 Å². The van der Waals surface area contributed by atoms with Crippen LogP contribution in [0.15, 0.2) is 18.2 Å². The van der Waals surface area contributed by atoms with E-state index < -0.39 is 23.6 Å². The summed E-state index contributed by atoms with van der Waals surface area (Å²) in [6, 6.07) is 2.80. The first-order valence-electron chi connectivity index (χ1n) is 5.57.